The fourth-order valence-corrected chi connectivity index (χ4v) is 2.92. The number of hydrogen-bond acceptors (Lipinski definition) is 4. The molecule has 0 saturated heterocycles. The Bertz CT molecular complexity index is 613. The number of carboxylic acids is 1. The number of methoxy groups -OCH3 is 1. The summed E-state index contributed by atoms with van der Waals surface area (Å²) in [7, 11) is 1.63. The van der Waals surface area contributed by atoms with Crippen LogP contribution in [-0.4, -0.2) is 18.8 Å². The Morgan fingerprint density at radius 2 is 2.21 bits per heavy atom. The van der Waals surface area contributed by atoms with E-state index in [2.05, 4.69) is 4.98 Å². The molecule has 0 aliphatic heterocycles. The molecule has 19 heavy (non-hydrogen) atoms. The maximum absolute atomic E-state index is 10.5. The molecule has 0 fully saturated rings. The van der Waals surface area contributed by atoms with Crippen molar-refractivity contribution in [3.05, 3.63) is 30.0 Å². The van der Waals surface area contributed by atoms with Gasteiger partial charge in [0.15, 0.2) is 5.69 Å². The molecule has 2 rings (SSSR count). The van der Waals surface area contributed by atoms with Gasteiger partial charge in [0.05, 0.1) is 12.5 Å². The van der Waals surface area contributed by atoms with Gasteiger partial charge >= 0.3 is 0 Å². The van der Waals surface area contributed by atoms with Crippen LogP contribution >= 0.6 is 11.8 Å². The minimum Gasteiger partial charge on any atom is -0.550 e. The first-order valence-electron chi connectivity index (χ1n) is 5.93. The van der Waals surface area contributed by atoms with Gasteiger partial charge in [0.1, 0.15) is 5.75 Å². The molecule has 2 aromatic rings. The topological polar surface area (TPSA) is 63.5 Å². The van der Waals surface area contributed by atoms with E-state index in [9.17, 15) is 9.90 Å². The molecule has 0 bridgehead atoms. The van der Waals surface area contributed by atoms with Crippen LogP contribution in [0.15, 0.2) is 29.2 Å². The summed E-state index contributed by atoms with van der Waals surface area (Å²) < 4.78 is 5.22. The Morgan fingerprint density at radius 1 is 1.42 bits per heavy atom. The number of H-pyrrole nitrogens is 1. The first kappa shape index (κ1) is 13.7. The second-order valence-corrected chi connectivity index (χ2v) is 5.34. The summed E-state index contributed by atoms with van der Waals surface area (Å²) >= 11 is 1.52. The quantitative estimate of drug-likeness (QED) is 0.770. The number of fused-ring (bicyclic) bond motifs is 1. The number of carbonyl (C=O) groups is 1. The van der Waals surface area contributed by atoms with Crippen LogP contribution in [0, 0.1) is 6.92 Å². The van der Waals surface area contributed by atoms with Gasteiger partial charge in [-0.1, -0.05) is 0 Å². The zero-order valence-electron chi connectivity index (χ0n) is 10.9. The van der Waals surface area contributed by atoms with Crippen molar-refractivity contribution >= 4 is 28.6 Å². The minimum absolute atomic E-state index is 0.0494. The number of thioether (sulfide) groups is 1. The van der Waals surface area contributed by atoms with E-state index in [1.165, 1.54) is 11.8 Å². The largest absolute Gasteiger partial charge is 0.550 e. The van der Waals surface area contributed by atoms with Gasteiger partial charge in [0, 0.05) is 35.7 Å². The maximum atomic E-state index is 10.5. The number of benzene rings is 1. The fraction of sp³-hybridized carbons (Fsp3) is 0.286. The number of aliphatic carboxylic acids is 1. The second-order valence-electron chi connectivity index (χ2n) is 4.20. The molecule has 0 aliphatic carbocycles. The number of carbonyl (C=O) groups excluding carboxylic acids is 1. The van der Waals surface area contributed by atoms with E-state index < -0.39 is 5.97 Å². The van der Waals surface area contributed by atoms with Crippen LogP contribution in [0.2, 0.25) is 0 Å². The van der Waals surface area contributed by atoms with Crippen molar-refractivity contribution in [2.24, 2.45) is 0 Å². The zero-order valence-corrected chi connectivity index (χ0v) is 11.7. The van der Waals surface area contributed by atoms with Crippen molar-refractivity contribution in [1.29, 1.82) is 0 Å². The molecule has 1 heterocycles. The molecule has 100 valence electrons. The molecule has 1 N–H and O–H groups in total. The predicted octanol–water partition coefficient (Wildman–Crippen LogP) is 1.20. The lowest BCUT2D eigenvalue weighted by molar-refractivity contribution is -0.355. The molecule has 0 aliphatic rings. The standard InChI is InChI=1S/C14H15NO3S/c1-9-7-13(19-6-5-14(16)17)11-8-10(18-2)3-4-12(11)15-9/h3-4,7-8H,5-6H2,1-2H3,(H,16,17). The lowest BCUT2D eigenvalue weighted by Gasteiger charge is -2.06. The number of rotatable bonds is 5. The molecule has 0 amide bonds. The number of ether oxygens (including phenoxy) is 1. The summed E-state index contributed by atoms with van der Waals surface area (Å²) in [5.74, 6) is 0.262. The summed E-state index contributed by atoms with van der Waals surface area (Å²) in [6.45, 7) is 1.98. The number of aromatic nitrogens is 1. The van der Waals surface area contributed by atoms with E-state index in [0.717, 1.165) is 27.2 Å². The van der Waals surface area contributed by atoms with Crippen LogP contribution < -0.4 is 14.8 Å². The van der Waals surface area contributed by atoms with Crippen molar-refractivity contribution in [2.45, 2.75) is 18.2 Å². The predicted molar refractivity (Wildman–Crippen MR) is 72.1 cm³/mol. The van der Waals surface area contributed by atoms with Gasteiger partial charge in [-0.25, -0.2) is 4.98 Å². The van der Waals surface area contributed by atoms with Gasteiger partial charge in [0.25, 0.3) is 0 Å². The van der Waals surface area contributed by atoms with Crippen LogP contribution in [0.5, 0.6) is 5.75 Å². The Balaban J connectivity index is 2.36. The lowest BCUT2D eigenvalue weighted by atomic mass is 10.2. The summed E-state index contributed by atoms with van der Waals surface area (Å²) in [4.78, 5) is 14.8. The van der Waals surface area contributed by atoms with Crippen molar-refractivity contribution in [3.8, 4) is 5.75 Å². The van der Waals surface area contributed by atoms with Crippen molar-refractivity contribution < 1.29 is 19.6 Å². The molecular weight excluding hydrogens is 262 g/mol. The Labute approximate surface area is 115 Å². The highest BCUT2D eigenvalue weighted by Gasteiger charge is 2.10. The smallest absolute Gasteiger partial charge is 0.212 e. The highest BCUT2D eigenvalue weighted by Crippen LogP contribution is 2.29. The van der Waals surface area contributed by atoms with Crippen molar-refractivity contribution in [1.82, 2.24) is 0 Å². The number of pyridine rings is 1. The van der Waals surface area contributed by atoms with Crippen LogP contribution in [0.1, 0.15) is 12.1 Å². The average Bonchev–Trinajstić information content (AvgIpc) is 2.37. The number of aromatic amines is 1. The maximum Gasteiger partial charge on any atom is 0.212 e. The Morgan fingerprint density at radius 3 is 2.89 bits per heavy atom. The normalized spacial score (nSPS) is 10.6. The molecule has 1 aromatic heterocycles. The van der Waals surface area contributed by atoms with E-state index in [1.807, 2.05) is 31.2 Å². The summed E-state index contributed by atoms with van der Waals surface area (Å²) in [5, 5.41) is 11.5. The van der Waals surface area contributed by atoms with Gasteiger partial charge < -0.3 is 14.6 Å². The number of nitrogens with one attached hydrogen (secondary N) is 1. The molecule has 4 nitrogen and oxygen atoms in total. The minimum atomic E-state index is -1.02. The van der Waals surface area contributed by atoms with Gasteiger partial charge in [0.2, 0.25) is 5.52 Å². The first-order chi connectivity index (χ1) is 9.10. The molecular formula is C14H15NO3S. The average molecular weight is 277 g/mol. The van der Waals surface area contributed by atoms with E-state index in [0.29, 0.717) is 5.75 Å². The van der Waals surface area contributed by atoms with E-state index in [4.69, 9.17) is 4.74 Å². The lowest BCUT2D eigenvalue weighted by Crippen LogP contribution is -2.22. The third-order valence-electron chi connectivity index (χ3n) is 2.74. The number of carboxylic acid groups (broad SMARTS) is 1. The van der Waals surface area contributed by atoms with Gasteiger partial charge in [-0.3, -0.25) is 0 Å². The Kier molecular flexibility index (Phi) is 4.27. The van der Waals surface area contributed by atoms with Crippen LogP contribution in [-0.2, 0) is 4.79 Å². The molecule has 0 atom stereocenters. The van der Waals surface area contributed by atoms with E-state index in [1.54, 1.807) is 7.11 Å². The van der Waals surface area contributed by atoms with Gasteiger partial charge in [-0.05, 0) is 18.6 Å². The highest BCUT2D eigenvalue weighted by atomic mass is 32.2. The highest BCUT2D eigenvalue weighted by molar-refractivity contribution is 7.99. The summed E-state index contributed by atoms with van der Waals surface area (Å²) in [6.07, 6.45) is 0.0494. The molecule has 0 saturated carbocycles. The number of aryl methyl sites for hydroxylation is 1. The molecule has 0 radical (unpaired) electrons. The first-order valence-corrected chi connectivity index (χ1v) is 6.92. The second kappa shape index (κ2) is 5.93. The van der Waals surface area contributed by atoms with Crippen LogP contribution in [0.4, 0.5) is 0 Å². The van der Waals surface area contributed by atoms with E-state index in [-0.39, 0.29) is 6.42 Å². The molecule has 0 spiro atoms. The summed E-state index contributed by atoms with van der Waals surface area (Å²) in [6, 6.07) is 7.83. The molecule has 1 aromatic carbocycles. The fourth-order valence-electron chi connectivity index (χ4n) is 1.85. The Hall–Kier alpha value is -1.75. The van der Waals surface area contributed by atoms with Gasteiger partial charge in [-0.2, -0.15) is 0 Å². The summed E-state index contributed by atoms with van der Waals surface area (Å²) in [5.41, 5.74) is 2.05. The van der Waals surface area contributed by atoms with Crippen LogP contribution in [0.25, 0.3) is 10.9 Å². The van der Waals surface area contributed by atoms with Crippen molar-refractivity contribution in [2.75, 3.05) is 12.9 Å². The SMILES string of the molecule is COc1ccc2[nH+]c(C)cc(SCCC(=O)[O-])c2c1. The molecule has 5 heteroatoms. The zero-order chi connectivity index (χ0) is 13.8. The molecule has 0 unspecified atom stereocenters. The monoisotopic (exact) mass is 277 g/mol. The van der Waals surface area contributed by atoms with Gasteiger partial charge in [-0.15, -0.1) is 11.8 Å². The van der Waals surface area contributed by atoms with E-state index >= 15 is 0 Å². The number of hydrogen-bond donors (Lipinski definition) is 0. The third-order valence-corrected chi connectivity index (χ3v) is 3.79. The third kappa shape index (κ3) is 3.38. The van der Waals surface area contributed by atoms with Crippen LogP contribution in [0.3, 0.4) is 0 Å². The van der Waals surface area contributed by atoms with Crippen molar-refractivity contribution in [3.63, 3.8) is 0 Å².